The summed E-state index contributed by atoms with van der Waals surface area (Å²) in [6.07, 6.45) is 4.13. The zero-order valence-electron chi connectivity index (χ0n) is 12.6. The van der Waals surface area contributed by atoms with Crippen LogP contribution >= 0.6 is 0 Å². The molecule has 0 N–H and O–H groups in total. The van der Waals surface area contributed by atoms with Gasteiger partial charge in [-0.1, -0.05) is 50.1 Å². The van der Waals surface area contributed by atoms with Crippen LogP contribution in [0, 0.1) is 0 Å². The lowest BCUT2D eigenvalue weighted by Gasteiger charge is -2.45. The van der Waals surface area contributed by atoms with E-state index in [1.807, 2.05) is 0 Å². The van der Waals surface area contributed by atoms with Crippen molar-refractivity contribution in [1.82, 2.24) is 4.90 Å². The highest BCUT2D eigenvalue weighted by Gasteiger charge is 2.34. The molecule has 1 aromatic rings. The van der Waals surface area contributed by atoms with Crippen molar-refractivity contribution in [1.29, 1.82) is 0 Å². The summed E-state index contributed by atoms with van der Waals surface area (Å²) in [6.45, 7) is 9.87. The van der Waals surface area contributed by atoms with Gasteiger partial charge in [0, 0.05) is 12.1 Å². The molecule has 1 fully saturated rings. The molecular formula is C17H27NO. The van der Waals surface area contributed by atoms with E-state index < -0.39 is 0 Å². The van der Waals surface area contributed by atoms with E-state index in [-0.39, 0.29) is 11.6 Å². The SMILES string of the molecule is CCCCCN1CC(c2ccccc2)OCC1(C)C. The Morgan fingerprint density at radius 2 is 1.95 bits per heavy atom. The van der Waals surface area contributed by atoms with E-state index in [2.05, 4.69) is 56.0 Å². The van der Waals surface area contributed by atoms with Crippen LogP contribution in [0.1, 0.15) is 51.7 Å². The molecule has 2 nitrogen and oxygen atoms in total. The fourth-order valence-electron chi connectivity index (χ4n) is 2.71. The topological polar surface area (TPSA) is 12.5 Å². The maximum absolute atomic E-state index is 6.07. The standard InChI is InChI=1S/C17H27NO/c1-4-5-9-12-18-13-16(19-14-17(18,2)3)15-10-7-6-8-11-15/h6-8,10-11,16H,4-5,9,12-14H2,1-3H3. The molecule has 0 radical (unpaired) electrons. The number of hydrogen-bond acceptors (Lipinski definition) is 2. The zero-order chi connectivity index (χ0) is 13.7. The molecule has 1 saturated heterocycles. The Bertz CT molecular complexity index is 374. The van der Waals surface area contributed by atoms with E-state index in [0.29, 0.717) is 0 Å². The summed E-state index contributed by atoms with van der Waals surface area (Å²) < 4.78 is 6.07. The van der Waals surface area contributed by atoms with Crippen molar-refractivity contribution in [3.63, 3.8) is 0 Å². The van der Waals surface area contributed by atoms with Gasteiger partial charge in [-0.05, 0) is 32.4 Å². The van der Waals surface area contributed by atoms with Crippen molar-refractivity contribution in [3.8, 4) is 0 Å². The van der Waals surface area contributed by atoms with E-state index in [9.17, 15) is 0 Å². The van der Waals surface area contributed by atoms with Gasteiger partial charge in [0.05, 0.1) is 12.7 Å². The second kappa shape index (κ2) is 6.53. The molecule has 106 valence electrons. The minimum absolute atomic E-state index is 0.166. The van der Waals surface area contributed by atoms with E-state index in [4.69, 9.17) is 4.74 Å². The number of rotatable bonds is 5. The maximum Gasteiger partial charge on any atom is 0.0952 e. The van der Waals surface area contributed by atoms with Crippen LogP contribution in [0.2, 0.25) is 0 Å². The number of morpholine rings is 1. The summed E-state index contributed by atoms with van der Waals surface area (Å²) in [6, 6.07) is 10.6. The third-order valence-corrected chi connectivity index (χ3v) is 4.08. The Morgan fingerprint density at radius 3 is 2.63 bits per heavy atom. The van der Waals surface area contributed by atoms with Gasteiger partial charge in [-0.15, -0.1) is 0 Å². The minimum Gasteiger partial charge on any atom is -0.370 e. The van der Waals surface area contributed by atoms with Gasteiger partial charge in [0.15, 0.2) is 0 Å². The highest BCUT2D eigenvalue weighted by molar-refractivity contribution is 5.18. The minimum atomic E-state index is 0.166. The molecule has 0 saturated carbocycles. The predicted octanol–water partition coefficient (Wildman–Crippen LogP) is 4.03. The van der Waals surface area contributed by atoms with Crippen LogP contribution in [-0.4, -0.2) is 30.1 Å². The summed E-state index contributed by atoms with van der Waals surface area (Å²) in [5.74, 6) is 0. The Kier molecular flexibility index (Phi) is 5.00. The monoisotopic (exact) mass is 261 g/mol. The van der Waals surface area contributed by atoms with Crippen LogP contribution in [0.25, 0.3) is 0 Å². The first-order valence-corrected chi connectivity index (χ1v) is 7.55. The van der Waals surface area contributed by atoms with Crippen molar-refractivity contribution in [2.24, 2.45) is 0 Å². The fourth-order valence-corrected chi connectivity index (χ4v) is 2.71. The van der Waals surface area contributed by atoms with Crippen LogP contribution in [0.5, 0.6) is 0 Å². The van der Waals surface area contributed by atoms with Crippen LogP contribution in [0.4, 0.5) is 0 Å². The van der Waals surface area contributed by atoms with E-state index in [1.165, 1.54) is 31.4 Å². The molecule has 0 spiro atoms. The average molecular weight is 261 g/mol. The maximum atomic E-state index is 6.07. The molecule has 0 aliphatic carbocycles. The molecule has 1 heterocycles. The Labute approximate surface area is 117 Å². The van der Waals surface area contributed by atoms with Gasteiger partial charge >= 0.3 is 0 Å². The third-order valence-electron chi connectivity index (χ3n) is 4.08. The summed E-state index contributed by atoms with van der Waals surface area (Å²) in [5.41, 5.74) is 1.47. The van der Waals surface area contributed by atoms with Crippen LogP contribution < -0.4 is 0 Å². The molecular weight excluding hydrogens is 234 g/mol. The molecule has 0 amide bonds. The summed E-state index contributed by atoms with van der Waals surface area (Å²) in [7, 11) is 0. The number of unbranched alkanes of at least 4 members (excludes halogenated alkanes) is 2. The molecule has 0 bridgehead atoms. The number of nitrogens with zero attached hydrogens (tertiary/aromatic N) is 1. The summed E-state index contributed by atoms with van der Waals surface area (Å²) in [4.78, 5) is 2.60. The number of hydrogen-bond donors (Lipinski definition) is 0. The van der Waals surface area contributed by atoms with Crippen molar-refractivity contribution in [2.45, 2.75) is 51.7 Å². The van der Waals surface area contributed by atoms with Gasteiger partial charge in [0.25, 0.3) is 0 Å². The quantitative estimate of drug-likeness (QED) is 0.742. The first-order valence-electron chi connectivity index (χ1n) is 7.55. The first-order chi connectivity index (χ1) is 9.13. The van der Waals surface area contributed by atoms with Crippen LogP contribution in [-0.2, 0) is 4.74 Å². The Hall–Kier alpha value is -0.860. The van der Waals surface area contributed by atoms with E-state index in [0.717, 1.165) is 13.2 Å². The highest BCUT2D eigenvalue weighted by Crippen LogP contribution is 2.30. The lowest BCUT2D eigenvalue weighted by molar-refractivity contribution is -0.101. The van der Waals surface area contributed by atoms with Gasteiger partial charge in [0.1, 0.15) is 0 Å². The van der Waals surface area contributed by atoms with Gasteiger partial charge in [-0.3, -0.25) is 4.90 Å². The molecule has 19 heavy (non-hydrogen) atoms. The number of benzene rings is 1. The molecule has 2 heteroatoms. The molecule has 1 atom stereocenters. The second-order valence-corrected chi connectivity index (χ2v) is 6.18. The third kappa shape index (κ3) is 3.80. The van der Waals surface area contributed by atoms with Crippen molar-refractivity contribution in [2.75, 3.05) is 19.7 Å². The zero-order valence-corrected chi connectivity index (χ0v) is 12.6. The Morgan fingerprint density at radius 1 is 1.21 bits per heavy atom. The number of ether oxygens (including phenoxy) is 1. The predicted molar refractivity (Wildman–Crippen MR) is 80.3 cm³/mol. The van der Waals surface area contributed by atoms with Gasteiger partial charge < -0.3 is 4.74 Å². The highest BCUT2D eigenvalue weighted by atomic mass is 16.5. The lowest BCUT2D eigenvalue weighted by Crippen LogP contribution is -2.53. The first kappa shape index (κ1) is 14.5. The molecule has 1 aromatic carbocycles. The van der Waals surface area contributed by atoms with Gasteiger partial charge in [-0.2, -0.15) is 0 Å². The normalized spacial score (nSPS) is 23.4. The lowest BCUT2D eigenvalue weighted by atomic mass is 9.97. The molecule has 2 rings (SSSR count). The Balaban J connectivity index is 1.99. The van der Waals surface area contributed by atoms with E-state index >= 15 is 0 Å². The van der Waals surface area contributed by atoms with Crippen molar-refractivity contribution in [3.05, 3.63) is 35.9 Å². The van der Waals surface area contributed by atoms with Gasteiger partial charge in [-0.25, -0.2) is 0 Å². The molecule has 1 aliphatic heterocycles. The van der Waals surface area contributed by atoms with Crippen molar-refractivity contribution >= 4 is 0 Å². The summed E-state index contributed by atoms with van der Waals surface area (Å²) >= 11 is 0. The molecule has 1 unspecified atom stereocenters. The average Bonchev–Trinajstić information content (AvgIpc) is 2.42. The smallest absolute Gasteiger partial charge is 0.0952 e. The van der Waals surface area contributed by atoms with Gasteiger partial charge in [0.2, 0.25) is 0 Å². The van der Waals surface area contributed by atoms with E-state index in [1.54, 1.807) is 0 Å². The van der Waals surface area contributed by atoms with Crippen molar-refractivity contribution < 1.29 is 4.74 Å². The fraction of sp³-hybridized carbons (Fsp3) is 0.647. The van der Waals surface area contributed by atoms with Crippen LogP contribution in [0.3, 0.4) is 0 Å². The summed E-state index contributed by atoms with van der Waals surface area (Å²) in [5, 5.41) is 0. The second-order valence-electron chi connectivity index (χ2n) is 6.18. The molecule has 0 aromatic heterocycles. The largest absolute Gasteiger partial charge is 0.370 e. The molecule has 1 aliphatic rings. The van der Waals surface area contributed by atoms with Crippen LogP contribution in [0.15, 0.2) is 30.3 Å².